The highest BCUT2D eigenvalue weighted by Crippen LogP contribution is 2.39. The second-order valence-corrected chi connectivity index (χ2v) is 9.08. The summed E-state index contributed by atoms with van der Waals surface area (Å²) in [5.74, 6) is -0.224. The van der Waals surface area contributed by atoms with Crippen LogP contribution in [0.3, 0.4) is 0 Å². The lowest BCUT2D eigenvalue weighted by Crippen LogP contribution is -2.34. The van der Waals surface area contributed by atoms with Crippen LogP contribution < -0.4 is 4.57 Å². The maximum Gasteiger partial charge on any atom is 0.417 e. The van der Waals surface area contributed by atoms with Crippen molar-refractivity contribution < 1.29 is 22.1 Å². The third kappa shape index (κ3) is 6.14. The zero-order valence-corrected chi connectivity index (χ0v) is 18.8. The number of alkyl halides is 3. The molecule has 1 aromatic heterocycles. The number of benzene rings is 3. The molecule has 0 spiro atoms. The molecular formula is C27H24F4NS+. The van der Waals surface area contributed by atoms with E-state index in [0.29, 0.717) is 0 Å². The van der Waals surface area contributed by atoms with Gasteiger partial charge in [0.25, 0.3) is 0 Å². The molecule has 170 valence electrons. The van der Waals surface area contributed by atoms with Crippen molar-refractivity contribution in [2.24, 2.45) is 0 Å². The Morgan fingerprint density at radius 3 is 2.30 bits per heavy atom. The molecule has 0 atom stereocenters. The summed E-state index contributed by atoms with van der Waals surface area (Å²) in [6.45, 7) is 0.777. The van der Waals surface area contributed by atoms with Gasteiger partial charge in [-0.3, -0.25) is 0 Å². The van der Waals surface area contributed by atoms with Crippen molar-refractivity contribution >= 4 is 22.7 Å². The molecule has 4 rings (SSSR count). The molecule has 1 heterocycles. The van der Waals surface area contributed by atoms with Gasteiger partial charge in [0, 0.05) is 22.8 Å². The first-order valence-corrected chi connectivity index (χ1v) is 11.7. The standard InChI is InChI=1S/C27H24F4NS/c28-22-15-13-20(14-16-22)8-2-1-7-17-32-19-23(18-21-9-3-5-11-25(21)32)33-26-12-6-4-10-24(26)27(29,30)31/h3-6,9-16,18-19H,1-2,7-8,17H2/q+1. The minimum Gasteiger partial charge on any atom is -0.207 e. The van der Waals surface area contributed by atoms with Crippen LogP contribution in [-0.4, -0.2) is 0 Å². The molecule has 1 nitrogen and oxygen atoms in total. The van der Waals surface area contributed by atoms with E-state index in [9.17, 15) is 17.6 Å². The van der Waals surface area contributed by atoms with Gasteiger partial charge in [0.15, 0.2) is 6.20 Å². The summed E-state index contributed by atoms with van der Waals surface area (Å²) in [6, 6.07) is 22.2. The highest BCUT2D eigenvalue weighted by molar-refractivity contribution is 7.99. The fourth-order valence-electron chi connectivity index (χ4n) is 3.88. The van der Waals surface area contributed by atoms with Gasteiger partial charge < -0.3 is 0 Å². The van der Waals surface area contributed by atoms with E-state index in [2.05, 4.69) is 4.57 Å². The van der Waals surface area contributed by atoms with Crippen LogP contribution >= 0.6 is 11.8 Å². The van der Waals surface area contributed by atoms with Crippen molar-refractivity contribution in [1.29, 1.82) is 0 Å². The number of aromatic nitrogens is 1. The number of pyridine rings is 1. The summed E-state index contributed by atoms with van der Waals surface area (Å²) in [6.07, 6.45) is 1.41. The molecule has 6 heteroatoms. The van der Waals surface area contributed by atoms with E-state index in [1.807, 2.05) is 48.7 Å². The van der Waals surface area contributed by atoms with Crippen molar-refractivity contribution in [3.8, 4) is 0 Å². The normalized spacial score (nSPS) is 11.8. The number of unbranched alkanes of at least 4 members (excludes halogenated alkanes) is 2. The second-order valence-electron chi connectivity index (χ2n) is 7.96. The maximum absolute atomic E-state index is 13.4. The van der Waals surface area contributed by atoms with Crippen LogP contribution in [0, 0.1) is 5.82 Å². The van der Waals surface area contributed by atoms with Gasteiger partial charge in [0.1, 0.15) is 12.4 Å². The van der Waals surface area contributed by atoms with Gasteiger partial charge in [0.2, 0.25) is 5.52 Å². The van der Waals surface area contributed by atoms with E-state index in [0.717, 1.165) is 71.4 Å². The summed E-state index contributed by atoms with van der Waals surface area (Å²) in [7, 11) is 0. The van der Waals surface area contributed by atoms with Gasteiger partial charge in [0.05, 0.1) is 10.5 Å². The maximum atomic E-state index is 13.4. The molecule has 33 heavy (non-hydrogen) atoms. The molecule has 4 aromatic rings. The lowest BCUT2D eigenvalue weighted by molar-refractivity contribution is -0.673. The van der Waals surface area contributed by atoms with Gasteiger partial charge in [-0.15, -0.1) is 0 Å². The number of halogens is 4. The number of aryl methyl sites for hydroxylation is 2. The van der Waals surface area contributed by atoms with E-state index in [-0.39, 0.29) is 10.7 Å². The lowest BCUT2D eigenvalue weighted by atomic mass is 10.1. The number of rotatable bonds is 8. The van der Waals surface area contributed by atoms with Crippen molar-refractivity contribution in [3.63, 3.8) is 0 Å². The molecule has 0 unspecified atom stereocenters. The molecular weight excluding hydrogens is 446 g/mol. The monoisotopic (exact) mass is 470 g/mol. The Bertz CT molecular complexity index is 1220. The van der Waals surface area contributed by atoms with E-state index in [1.54, 1.807) is 6.07 Å². The van der Waals surface area contributed by atoms with Gasteiger partial charge in [-0.25, -0.2) is 4.39 Å². The highest BCUT2D eigenvalue weighted by atomic mass is 32.2. The Kier molecular flexibility index (Phi) is 7.33. The van der Waals surface area contributed by atoms with Crippen LogP contribution in [0.4, 0.5) is 17.6 Å². The molecule has 0 N–H and O–H groups in total. The fraction of sp³-hybridized carbons (Fsp3) is 0.222. The van der Waals surface area contributed by atoms with Crippen LogP contribution in [0.25, 0.3) is 10.9 Å². The third-order valence-electron chi connectivity index (χ3n) is 5.53. The molecule has 0 aliphatic carbocycles. The highest BCUT2D eigenvalue weighted by Gasteiger charge is 2.33. The minimum atomic E-state index is -4.39. The molecule has 0 saturated heterocycles. The number of fused-ring (bicyclic) bond motifs is 1. The second kappa shape index (κ2) is 10.4. The van der Waals surface area contributed by atoms with Crippen LogP contribution in [0.5, 0.6) is 0 Å². The smallest absolute Gasteiger partial charge is 0.207 e. The first kappa shape index (κ1) is 23.3. The first-order valence-electron chi connectivity index (χ1n) is 10.9. The predicted octanol–water partition coefficient (Wildman–Crippen LogP) is 7.85. The molecule has 0 amide bonds. The summed E-state index contributed by atoms with van der Waals surface area (Å²) < 4.78 is 55.4. The third-order valence-corrected chi connectivity index (χ3v) is 6.56. The zero-order valence-electron chi connectivity index (χ0n) is 18.0. The van der Waals surface area contributed by atoms with Crippen molar-refractivity contribution in [3.05, 3.63) is 102 Å². The van der Waals surface area contributed by atoms with E-state index >= 15 is 0 Å². The van der Waals surface area contributed by atoms with Gasteiger partial charge in [-0.05, 0) is 61.2 Å². The molecule has 0 bridgehead atoms. The number of hydrogen-bond donors (Lipinski definition) is 0. The number of nitrogens with zero attached hydrogens (tertiary/aromatic N) is 1. The Morgan fingerprint density at radius 2 is 1.52 bits per heavy atom. The largest absolute Gasteiger partial charge is 0.417 e. The average Bonchev–Trinajstić information content (AvgIpc) is 2.79. The molecule has 0 fully saturated rings. The van der Waals surface area contributed by atoms with Crippen molar-refractivity contribution in [1.82, 2.24) is 0 Å². The summed E-state index contributed by atoms with van der Waals surface area (Å²) in [5, 5.41) is 0.998. The Hall–Kier alpha value is -2.86. The van der Waals surface area contributed by atoms with E-state index in [4.69, 9.17) is 0 Å². The predicted molar refractivity (Wildman–Crippen MR) is 124 cm³/mol. The summed E-state index contributed by atoms with van der Waals surface area (Å²) in [5.41, 5.74) is 1.57. The number of hydrogen-bond acceptors (Lipinski definition) is 1. The van der Waals surface area contributed by atoms with E-state index < -0.39 is 11.7 Å². The molecule has 0 aliphatic heterocycles. The Morgan fingerprint density at radius 1 is 0.788 bits per heavy atom. The van der Waals surface area contributed by atoms with Crippen molar-refractivity contribution in [2.75, 3.05) is 0 Å². The average molecular weight is 471 g/mol. The SMILES string of the molecule is Fc1ccc(CCCCC[n+]2cc(Sc3ccccc3C(F)(F)F)cc3ccccc32)cc1. The van der Waals surface area contributed by atoms with Gasteiger partial charge in [-0.1, -0.05) is 48.2 Å². The fourth-order valence-corrected chi connectivity index (χ4v) is 4.94. The van der Waals surface area contributed by atoms with Gasteiger partial charge >= 0.3 is 6.18 Å². The summed E-state index contributed by atoms with van der Waals surface area (Å²) >= 11 is 1.14. The molecule has 0 radical (unpaired) electrons. The lowest BCUT2D eigenvalue weighted by Gasteiger charge is -2.12. The van der Waals surface area contributed by atoms with Crippen LogP contribution in [0.1, 0.15) is 30.4 Å². The number of para-hydroxylation sites is 1. The molecule has 3 aromatic carbocycles. The van der Waals surface area contributed by atoms with Gasteiger partial charge in [-0.2, -0.15) is 17.7 Å². The zero-order chi connectivity index (χ0) is 23.3. The van der Waals surface area contributed by atoms with Crippen LogP contribution in [0.15, 0.2) is 94.9 Å². The topological polar surface area (TPSA) is 3.88 Å². The quantitative estimate of drug-likeness (QED) is 0.144. The van der Waals surface area contributed by atoms with E-state index in [1.165, 1.54) is 24.3 Å². The van der Waals surface area contributed by atoms with Crippen LogP contribution in [0.2, 0.25) is 0 Å². The minimum absolute atomic E-state index is 0.200. The Balaban J connectivity index is 1.47. The van der Waals surface area contributed by atoms with Crippen LogP contribution in [-0.2, 0) is 19.1 Å². The first-order chi connectivity index (χ1) is 15.9. The summed E-state index contributed by atoms with van der Waals surface area (Å²) in [4.78, 5) is 0.975. The van der Waals surface area contributed by atoms with Crippen molar-refractivity contribution in [2.45, 2.75) is 48.2 Å². The Labute approximate surface area is 195 Å². The molecule has 0 aliphatic rings. The molecule has 0 saturated carbocycles.